The highest BCUT2D eigenvalue weighted by Crippen LogP contribution is 2.01. The lowest BCUT2D eigenvalue weighted by Gasteiger charge is -2.07. The zero-order valence-electron chi connectivity index (χ0n) is 14.9. The summed E-state index contributed by atoms with van der Waals surface area (Å²) in [6.45, 7) is 9.29. The molecule has 0 fully saturated rings. The number of halogens is 1. The summed E-state index contributed by atoms with van der Waals surface area (Å²) in [6.07, 6.45) is 13.5. The highest BCUT2D eigenvalue weighted by molar-refractivity contribution is 14.1. The van der Waals surface area contributed by atoms with E-state index in [1.165, 1.54) is 81.7 Å². The minimum Gasteiger partial charge on any atom is -0.317 e. The van der Waals surface area contributed by atoms with Crippen molar-refractivity contribution in [1.82, 2.24) is 16.0 Å². The first kappa shape index (κ1) is 22.6. The fraction of sp³-hybridized carbons (Fsp3) is 1.00. The Kier molecular flexibility index (Phi) is 22.2. The lowest BCUT2D eigenvalue weighted by molar-refractivity contribution is 0.543. The molecule has 0 aliphatic carbocycles. The molecule has 0 saturated carbocycles. The molecule has 0 atom stereocenters. The van der Waals surface area contributed by atoms with Crippen LogP contribution >= 0.6 is 22.6 Å². The van der Waals surface area contributed by atoms with E-state index in [1.54, 1.807) is 0 Å². The SMILES string of the molecule is CCCCCCCNCCCNCCCNCCCCCI. The minimum absolute atomic E-state index is 1.15. The second-order valence-corrected chi connectivity index (χ2v) is 7.20. The third-order valence-electron chi connectivity index (χ3n) is 3.86. The van der Waals surface area contributed by atoms with Gasteiger partial charge in [0.15, 0.2) is 0 Å². The molecule has 0 saturated heterocycles. The molecule has 0 amide bonds. The average Bonchev–Trinajstić information content (AvgIpc) is 2.54. The smallest absolute Gasteiger partial charge is 0.000472 e. The molecule has 0 bridgehead atoms. The largest absolute Gasteiger partial charge is 0.317 e. The van der Waals surface area contributed by atoms with Gasteiger partial charge < -0.3 is 16.0 Å². The third kappa shape index (κ3) is 20.6. The van der Waals surface area contributed by atoms with Crippen LogP contribution in [0.3, 0.4) is 0 Å². The summed E-state index contributed by atoms with van der Waals surface area (Å²) < 4.78 is 1.30. The molecule has 0 heterocycles. The molecule has 22 heavy (non-hydrogen) atoms. The maximum Gasteiger partial charge on any atom is -0.000472 e. The number of alkyl halides is 1. The predicted molar refractivity (Wildman–Crippen MR) is 109 cm³/mol. The molecule has 0 radical (unpaired) electrons. The maximum absolute atomic E-state index is 3.54. The van der Waals surface area contributed by atoms with Crippen molar-refractivity contribution in [1.29, 1.82) is 0 Å². The number of unbranched alkanes of at least 4 members (excludes halogenated alkanes) is 6. The first-order valence-corrected chi connectivity index (χ1v) is 11.1. The summed E-state index contributed by atoms with van der Waals surface area (Å²) in [4.78, 5) is 0. The summed E-state index contributed by atoms with van der Waals surface area (Å²) in [6, 6.07) is 0. The van der Waals surface area contributed by atoms with E-state index in [1.807, 2.05) is 0 Å². The van der Waals surface area contributed by atoms with Gasteiger partial charge in [-0.3, -0.25) is 0 Å². The Morgan fingerprint density at radius 1 is 0.500 bits per heavy atom. The van der Waals surface area contributed by atoms with Crippen LogP contribution in [0, 0.1) is 0 Å². The van der Waals surface area contributed by atoms with Crippen LogP contribution in [0.4, 0.5) is 0 Å². The van der Waals surface area contributed by atoms with Crippen molar-refractivity contribution in [3.63, 3.8) is 0 Å². The number of nitrogens with one attached hydrogen (secondary N) is 3. The molecule has 0 aromatic carbocycles. The molecule has 134 valence electrons. The van der Waals surface area contributed by atoms with Crippen LogP contribution in [-0.2, 0) is 0 Å². The van der Waals surface area contributed by atoms with Gasteiger partial charge >= 0.3 is 0 Å². The Balaban J connectivity index is 2.91. The van der Waals surface area contributed by atoms with Crippen LogP contribution in [0.15, 0.2) is 0 Å². The molecule has 0 aromatic heterocycles. The average molecular weight is 425 g/mol. The normalized spacial score (nSPS) is 11.2. The minimum atomic E-state index is 1.15. The molecule has 0 spiro atoms. The first-order valence-electron chi connectivity index (χ1n) is 9.60. The van der Waals surface area contributed by atoms with E-state index in [9.17, 15) is 0 Å². The fourth-order valence-corrected chi connectivity index (χ4v) is 2.97. The van der Waals surface area contributed by atoms with Crippen LogP contribution in [0.25, 0.3) is 0 Å². The van der Waals surface area contributed by atoms with Gasteiger partial charge in [0.05, 0.1) is 0 Å². The van der Waals surface area contributed by atoms with Gasteiger partial charge in [-0.2, -0.15) is 0 Å². The van der Waals surface area contributed by atoms with Gasteiger partial charge in [0.1, 0.15) is 0 Å². The zero-order valence-corrected chi connectivity index (χ0v) is 17.1. The van der Waals surface area contributed by atoms with Crippen LogP contribution in [0.5, 0.6) is 0 Å². The summed E-state index contributed by atoms with van der Waals surface area (Å²) in [5.41, 5.74) is 0. The highest BCUT2D eigenvalue weighted by atomic mass is 127. The molecular weight excluding hydrogens is 385 g/mol. The van der Waals surface area contributed by atoms with E-state index < -0.39 is 0 Å². The Hall–Kier alpha value is 0.610. The predicted octanol–water partition coefficient (Wildman–Crippen LogP) is 4.11. The van der Waals surface area contributed by atoms with Crippen LogP contribution in [0.2, 0.25) is 0 Å². The Morgan fingerprint density at radius 3 is 1.36 bits per heavy atom. The van der Waals surface area contributed by atoms with E-state index in [4.69, 9.17) is 0 Å². The molecule has 0 unspecified atom stereocenters. The van der Waals surface area contributed by atoms with Gasteiger partial charge in [0, 0.05) is 0 Å². The van der Waals surface area contributed by atoms with E-state index in [0.717, 1.165) is 26.2 Å². The summed E-state index contributed by atoms with van der Waals surface area (Å²) in [5.74, 6) is 0. The molecule has 0 rings (SSSR count). The van der Waals surface area contributed by atoms with Crippen molar-refractivity contribution in [3.8, 4) is 0 Å². The molecular formula is C18H40IN3. The zero-order chi connectivity index (χ0) is 16.1. The van der Waals surface area contributed by atoms with Crippen LogP contribution in [0.1, 0.15) is 71.1 Å². The van der Waals surface area contributed by atoms with Gasteiger partial charge in [0.2, 0.25) is 0 Å². The lowest BCUT2D eigenvalue weighted by atomic mass is 10.1. The van der Waals surface area contributed by atoms with Gasteiger partial charge in [-0.05, 0) is 75.8 Å². The van der Waals surface area contributed by atoms with Crippen molar-refractivity contribution >= 4 is 22.6 Å². The molecule has 3 N–H and O–H groups in total. The monoisotopic (exact) mass is 425 g/mol. The second kappa shape index (κ2) is 21.6. The quantitative estimate of drug-likeness (QED) is 0.166. The standard InChI is InChI=1S/C18H40IN3/c1-2-3-4-5-8-13-20-15-10-17-22-18-11-16-21-14-9-6-7-12-19/h20-22H,2-18H2,1H3. The van der Waals surface area contributed by atoms with Gasteiger partial charge in [-0.15, -0.1) is 0 Å². The van der Waals surface area contributed by atoms with Gasteiger partial charge in [-0.25, -0.2) is 0 Å². The van der Waals surface area contributed by atoms with Crippen molar-refractivity contribution in [3.05, 3.63) is 0 Å². The number of hydrogen-bond acceptors (Lipinski definition) is 3. The molecule has 0 aliphatic rings. The number of rotatable bonds is 19. The van der Waals surface area contributed by atoms with Crippen LogP contribution in [-0.4, -0.2) is 43.7 Å². The molecule has 3 nitrogen and oxygen atoms in total. The maximum atomic E-state index is 3.54. The van der Waals surface area contributed by atoms with Gasteiger partial charge in [-0.1, -0.05) is 61.6 Å². The van der Waals surface area contributed by atoms with Crippen molar-refractivity contribution in [2.45, 2.75) is 71.1 Å². The Labute approximate surface area is 153 Å². The topological polar surface area (TPSA) is 36.1 Å². The molecule has 4 heteroatoms. The third-order valence-corrected chi connectivity index (χ3v) is 4.62. The van der Waals surface area contributed by atoms with E-state index in [2.05, 4.69) is 45.5 Å². The van der Waals surface area contributed by atoms with E-state index in [0.29, 0.717) is 0 Å². The summed E-state index contributed by atoms with van der Waals surface area (Å²) >= 11 is 2.46. The van der Waals surface area contributed by atoms with E-state index >= 15 is 0 Å². The van der Waals surface area contributed by atoms with Crippen LogP contribution < -0.4 is 16.0 Å². The van der Waals surface area contributed by atoms with Crippen molar-refractivity contribution in [2.75, 3.05) is 43.7 Å². The first-order chi connectivity index (χ1) is 10.9. The molecule has 0 aliphatic heterocycles. The highest BCUT2D eigenvalue weighted by Gasteiger charge is 1.92. The molecule has 0 aromatic rings. The van der Waals surface area contributed by atoms with Gasteiger partial charge in [0.25, 0.3) is 0 Å². The number of hydrogen-bond donors (Lipinski definition) is 3. The Morgan fingerprint density at radius 2 is 0.909 bits per heavy atom. The second-order valence-electron chi connectivity index (χ2n) is 6.12. The summed E-state index contributed by atoms with van der Waals surface area (Å²) in [7, 11) is 0. The summed E-state index contributed by atoms with van der Waals surface area (Å²) in [5, 5.41) is 10.6. The fourth-order valence-electron chi connectivity index (χ4n) is 2.43. The van der Waals surface area contributed by atoms with Crippen molar-refractivity contribution < 1.29 is 0 Å². The lowest BCUT2D eigenvalue weighted by Crippen LogP contribution is -2.25. The van der Waals surface area contributed by atoms with Crippen molar-refractivity contribution in [2.24, 2.45) is 0 Å². The Bertz CT molecular complexity index is 171. The van der Waals surface area contributed by atoms with E-state index in [-0.39, 0.29) is 0 Å².